The largest absolute Gasteiger partial charge is 0.378 e. The lowest BCUT2D eigenvalue weighted by Crippen LogP contribution is -2.40. The Labute approximate surface area is 115 Å². The number of halogens is 1. The average Bonchev–Trinajstić information content (AvgIpc) is 2.46. The number of ether oxygens (including phenoxy) is 1. The normalized spacial score (nSPS) is 19.7. The smallest absolute Gasteiger partial charge is 0.211 e. The van der Waals surface area contributed by atoms with Crippen molar-refractivity contribution in [1.29, 1.82) is 0 Å². The number of allylic oxidation sites excluding steroid dienone is 2. The zero-order valence-electron chi connectivity index (χ0n) is 10.2. The first kappa shape index (κ1) is 12.4. The van der Waals surface area contributed by atoms with Gasteiger partial charge in [-0.15, -0.1) is 0 Å². The minimum Gasteiger partial charge on any atom is -0.378 e. The molecule has 1 aromatic carbocycles. The summed E-state index contributed by atoms with van der Waals surface area (Å²) >= 11 is 6.12. The molecule has 2 aliphatic rings. The maximum Gasteiger partial charge on any atom is 0.211 e. The van der Waals surface area contributed by atoms with Gasteiger partial charge in [0.2, 0.25) is 11.6 Å². The molecule has 0 radical (unpaired) electrons. The Morgan fingerprint density at radius 2 is 1.58 bits per heavy atom. The van der Waals surface area contributed by atoms with Crippen LogP contribution in [0.3, 0.4) is 0 Å². The van der Waals surface area contributed by atoms with Gasteiger partial charge in [0.1, 0.15) is 10.7 Å². The van der Waals surface area contributed by atoms with Crippen molar-refractivity contribution < 1.29 is 14.3 Å². The lowest BCUT2D eigenvalue weighted by atomic mass is 9.92. The molecule has 3 rings (SSSR count). The highest BCUT2D eigenvalue weighted by Crippen LogP contribution is 2.30. The summed E-state index contributed by atoms with van der Waals surface area (Å²) in [5.41, 5.74) is 1.13. The number of carbonyl (C=O) groups excluding carboxylic acids is 2. The molecule has 0 atom stereocenters. The van der Waals surface area contributed by atoms with Crippen molar-refractivity contribution in [2.45, 2.75) is 0 Å². The van der Waals surface area contributed by atoms with E-state index in [1.54, 1.807) is 24.3 Å². The van der Waals surface area contributed by atoms with Gasteiger partial charge in [0, 0.05) is 24.2 Å². The molecule has 1 aliphatic heterocycles. The van der Waals surface area contributed by atoms with Gasteiger partial charge in [0.15, 0.2) is 0 Å². The van der Waals surface area contributed by atoms with Crippen LogP contribution in [0.1, 0.15) is 20.7 Å². The number of hydrogen-bond acceptors (Lipinski definition) is 4. The van der Waals surface area contributed by atoms with E-state index in [0.29, 0.717) is 43.1 Å². The van der Waals surface area contributed by atoms with Gasteiger partial charge in [-0.25, -0.2) is 0 Å². The van der Waals surface area contributed by atoms with Crippen molar-refractivity contribution in [3.63, 3.8) is 0 Å². The molecule has 1 fully saturated rings. The Bertz CT molecular complexity index is 588. The van der Waals surface area contributed by atoms with Crippen LogP contribution < -0.4 is 0 Å². The van der Waals surface area contributed by atoms with Gasteiger partial charge in [-0.2, -0.15) is 0 Å². The lowest BCUT2D eigenvalue weighted by molar-refractivity contribution is 0.0499. The molecule has 98 valence electrons. The monoisotopic (exact) mass is 277 g/mol. The number of Topliss-reactive ketones (excluding diaryl/α,β-unsaturated/α-hetero) is 2. The first-order valence-corrected chi connectivity index (χ1v) is 6.49. The molecule has 5 heteroatoms. The molecule has 19 heavy (non-hydrogen) atoms. The molecule has 1 aliphatic carbocycles. The van der Waals surface area contributed by atoms with Gasteiger partial charge < -0.3 is 9.64 Å². The van der Waals surface area contributed by atoms with E-state index in [9.17, 15) is 9.59 Å². The summed E-state index contributed by atoms with van der Waals surface area (Å²) in [5, 5.41) is 0.0191. The summed E-state index contributed by atoms with van der Waals surface area (Å²) in [6, 6.07) is 6.78. The fourth-order valence-corrected chi connectivity index (χ4v) is 2.71. The maximum atomic E-state index is 12.5. The molecule has 1 saturated heterocycles. The molecule has 0 N–H and O–H groups in total. The second-order valence-corrected chi connectivity index (χ2v) is 4.84. The van der Waals surface area contributed by atoms with Crippen molar-refractivity contribution in [3.8, 4) is 0 Å². The highest BCUT2D eigenvalue weighted by Gasteiger charge is 2.34. The molecule has 0 saturated carbocycles. The number of rotatable bonds is 1. The Morgan fingerprint density at radius 3 is 2.21 bits per heavy atom. The van der Waals surface area contributed by atoms with E-state index in [1.807, 2.05) is 4.90 Å². The zero-order chi connectivity index (χ0) is 13.4. The summed E-state index contributed by atoms with van der Waals surface area (Å²) in [6.07, 6.45) is 0. The predicted octanol–water partition coefficient (Wildman–Crippen LogP) is 1.85. The van der Waals surface area contributed by atoms with Crippen LogP contribution in [0.4, 0.5) is 0 Å². The molecule has 1 aromatic rings. The van der Waals surface area contributed by atoms with Gasteiger partial charge in [-0.05, 0) is 0 Å². The number of ketones is 2. The molecule has 0 aromatic heterocycles. The standard InChI is InChI=1S/C14H12ClNO3/c15-11-12(16-5-7-19-8-6-16)14(18)10-4-2-1-3-9(10)13(11)17/h1-4H,5-8H2. The van der Waals surface area contributed by atoms with E-state index in [4.69, 9.17) is 16.3 Å². The van der Waals surface area contributed by atoms with Crippen LogP contribution in [0.25, 0.3) is 0 Å². The third-order valence-corrected chi connectivity index (χ3v) is 3.72. The molecule has 4 nitrogen and oxygen atoms in total. The predicted molar refractivity (Wildman–Crippen MR) is 70.4 cm³/mol. The van der Waals surface area contributed by atoms with Crippen molar-refractivity contribution in [2.24, 2.45) is 0 Å². The van der Waals surface area contributed by atoms with Crippen LogP contribution in [0.15, 0.2) is 35.0 Å². The number of fused-ring (bicyclic) bond motifs is 1. The Balaban J connectivity index is 2.07. The van der Waals surface area contributed by atoms with E-state index in [2.05, 4.69) is 0 Å². The highest BCUT2D eigenvalue weighted by molar-refractivity contribution is 6.49. The van der Waals surface area contributed by atoms with E-state index in [0.717, 1.165) is 0 Å². The number of morpholine rings is 1. The zero-order valence-corrected chi connectivity index (χ0v) is 10.9. The van der Waals surface area contributed by atoms with Crippen LogP contribution in [0.2, 0.25) is 0 Å². The maximum absolute atomic E-state index is 12.5. The fourth-order valence-electron chi connectivity index (χ4n) is 2.40. The van der Waals surface area contributed by atoms with Crippen LogP contribution in [0.5, 0.6) is 0 Å². The summed E-state index contributed by atoms with van der Waals surface area (Å²) < 4.78 is 5.25. The lowest BCUT2D eigenvalue weighted by Gasteiger charge is -2.32. The molecule has 0 spiro atoms. The number of hydrogen-bond donors (Lipinski definition) is 0. The van der Waals surface area contributed by atoms with Crippen LogP contribution in [-0.4, -0.2) is 42.8 Å². The van der Waals surface area contributed by atoms with Gasteiger partial charge in [-0.1, -0.05) is 35.9 Å². The second kappa shape index (κ2) is 4.79. The quantitative estimate of drug-likeness (QED) is 0.786. The van der Waals surface area contributed by atoms with Crippen molar-refractivity contribution in [3.05, 3.63) is 46.1 Å². The molecule has 0 amide bonds. The Kier molecular flexibility index (Phi) is 3.12. The minimum atomic E-state index is -0.279. The van der Waals surface area contributed by atoms with Crippen LogP contribution in [0, 0.1) is 0 Å². The third kappa shape index (κ3) is 1.97. The summed E-state index contributed by atoms with van der Waals surface area (Å²) in [4.78, 5) is 26.5. The molecule has 1 heterocycles. The first-order valence-electron chi connectivity index (χ1n) is 6.11. The second-order valence-electron chi connectivity index (χ2n) is 4.47. The first-order chi connectivity index (χ1) is 9.20. The minimum absolute atomic E-state index is 0.0191. The molecular weight excluding hydrogens is 266 g/mol. The topological polar surface area (TPSA) is 46.6 Å². The number of nitrogens with zero attached hydrogens (tertiary/aromatic N) is 1. The number of benzene rings is 1. The van der Waals surface area contributed by atoms with E-state index < -0.39 is 0 Å². The molecule has 0 bridgehead atoms. The van der Waals surface area contributed by atoms with Crippen LogP contribution >= 0.6 is 11.6 Å². The van der Waals surface area contributed by atoms with Crippen molar-refractivity contribution >= 4 is 23.2 Å². The average molecular weight is 278 g/mol. The number of carbonyl (C=O) groups is 2. The van der Waals surface area contributed by atoms with E-state index in [-0.39, 0.29) is 16.6 Å². The van der Waals surface area contributed by atoms with E-state index >= 15 is 0 Å². The highest BCUT2D eigenvalue weighted by atomic mass is 35.5. The summed E-state index contributed by atoms with van der Waals surface area (Å²) in [7, 11) is 0. The fraction of sp³-hybridized carbons (Fsp3) is 0.286. The third-order valence-electron chi connectivity index (χ3n) is 3.37. The summed E-state index contributed by atoms with van der Waals surface area (Å²) in [5.74, 6) is -0.458. The molecular formula is C14H12ClNO3. The van der Waals surface area contributed by atoms with E-state index in [1.165, 1.54) is 0 Å². The van der Waals surface area contributed by atoms with Crippen molar-refractivity contribution in [1.82, 2.24) is 4.90 Å². The van der Waals surface area contributed by atoms with Gasteiger partial charge in [0.25, 0.3) is 0 Å². The SMILES string of the molecule is O=C1C(Cl)=C(N2CCOCC2)C(=O)c2ccccc21. The van der Waals surface area contributed by atoms with Gasteiger partial charge >= 0.3 is 0 Å². The van der Waals surface area contributed by atoms with Gasteiger partial charge in [-0.3, -0.25) is 9.59 Å². The van der Waals surface area contributed by atoms with Crippen molar-refractivity contribution in [2.75, 3.05) is 26.3 Å². The van der Waals surface area contributed by atoms with Gasteiger partial charge in [0.05, 0.1) is 13.2 Å². The Morgan fingerprint density at radius 1 is 1.00 bits per heavy atom. The van der Waals surface area contributed by atoms with Crippen LogP contribution in [-0.2, 0) is 4.74 Å². The Hall–Kier alpha value is -1.65. The molecule has 0 unspecified atom stereocenters. The summed E-state index contributed by atoms with van der Waals surface area (Å²) in [6.45, 7) is 2.23.